The molecule has 0 spiro atoms. The van der Waals surface area contributed by atoms with Gasteiger partial charge in [-0.05, 0) is 62.1 Å². The third-order valence-corrected chi connectivity index (χ3v) is 7.40. The minimum atomic E-state index is 0.193. The van der Waals surface area contributed by atoms with Gasteiger partial charge in [-0.2, -0.15) is 5.10 Å². The van der Waals surface area contributed by atoms with Gasteiger partial charge in [-0.3, -0.25) is 0 Å². The fraction of sp³-hybridized carbons (Fsp3) is 0.357. The highest BCUT2D eigenvalue weighted by atomic mass is 16.5. The van der Waals surface area contributed by atoms with Crippen molar-refractivity contribution in [2.45, 2.75) is 31.7 Å². The Kier molecular flexibility index (Phi) is 6.55. The predicted octanol–water partition coefficient (Wildman–Crippen LogP) is 4.33. The second kappa shape index (κ2) is 10.3. The van der Waals surface area contributed by atoms with Crippen molar-refractivity contribution < 1.29 is 9.53 Å². The molecular formula is C28H31N7O2. The highest BCUT2D eigenvalue weighted by molar-refractivity contribution is 5.87. The number of benzene rings is 2. The molecule has 4 heterocycles. The topological polar surface area (TPSA) is 102 Å². The summed E-state index contributed by atoms with van der Waals surface area (Å²) in [6.07, 6.45) is 6.85. The van der Waals surface area contributed by atoms with E-state index in [0.717, 1.165) is 86.2 Å². The lowest BCUT2D eigenvalue weighted by atomic mass is 9.99. The molecule has 4 aromatic rings. The summed E-state index contributed by atoms with van der Waals surface area (Å²) in [5.41, 5.74) is 7.99. The number of carbonyl (C=O) groups is 1. The quantitative estimate of drug-likeness (QED) is 0.393. The zero-order chi connectivity index (χ0) is 25.2. The van der Waals surface area contributed by atoms with Crippen LogP contribution in [0, 0.1) is 5.92 Å². The molecule has 37 heavy (non-hydrogen) atoms. The van der Waals surface area contributed by atoms with Gasteiger partial charge in [-0.1, -0.05) is 18.2 Å². The molecule has 1 atom stereocenters. The van der Waals surface area contributed by atoms with Gasteiger partial charge in [-0.15, -0.1) is 0 Å². The maximum absolute atomic E-state index is 11.2. The summed E-state index contributed by atoms with van der Waals surface area (Å²) in [5, 5.41) is 10.3. The van der Waals surface area contributed by atoms with E-state index in [-0.39, 0.29) is 12.0 Å². The van der Waals surface area contributed by atoms with E-state index in [1.807, 2.05) is 59.3 Å². The van der Waals surface area contributed by atoms with Crippen molar-refractivity contribution >= 4 is 23.1 Å². The Balaban J connectivity index is 1.23. The van der Waals surface area contributed by atoms with E-state index in [4.69, 9.17) is 20.6 Å². The largest absolute Gasteiger partial charge is 0.457 e. The van der Waals surface area contributed by atoms with Crippen LogP contribution in [0.1, 0.15) is 31.7 Å². The second-order valence-corrected chi connectivity index (χ2v) is 9.83. The zero-order valence-corrected chi connectivity index (χ0v) is 20.7. The minimum absolute atomic E-state index is 0.193. The summed E-state index contributed by atoms with van der Waals surface area (Å²) < 4.78 is 7.94. The molecule has 2 saturated heterocycles. The Morgan fingerprint density at radius 3 is 2.41 bits per heavy atom. The maximum atomic E-state index is 11.2. The number of anilines is 1. The third-order valence-electron chi connectivity index (χ3n) is 7.40. The molecular weight excluding hydrogens is 466 g/mol. The van der Waals surface area contributed by atoms with Crippen molar-refractivity contribution in [3.63, 3.8) is 0 Å². The molecule has 0 aliphatic carbocycles. The van der Waals surface area contributed by atoms with E-state index < -0.39 is 0 Å². The molecule has 2 aromatic heterocycles. The van der Waals surface area contributed by atoms with Crippen molar-refractivity contribution in [2.75, 3.05) is 31.9 Å². The average Bonchev–Trinajstić information content (AvgIpc) is 3.39. The number of hydrogen-bond donors (Lipinski definition) is 1. The summed E-state index contributed by atoms with van der Waals surface area (Å²) in [4.78, 5) is 20.6. The zero-order valence-electron chi connectivity index (χ0n) is 20.7. The number of nitrogens with two attached hydrogens (primary N) is 1. The minimum Gasteiger partial charge on any atom is -0.457 e. The van der Waals surface area contributed by atoms with E-state index in [1.54, 1.807) is 6.20 Å². The average molecular weight is 498 g/mol. The van der Waals surface area contributed by atoms with Crippen LogP contribution in [0.5, 0.6) is 11.5 Å². The number of hydrazine groups is 1. The summed E-state index contributed by atoms with van der Waals surface area (Å²) in [6.45, 7) is 3.76. The van der Waals surface area contributed by atoms with Crippen LogP contribution in [-0.2, 0) is 4.79 Å². The number of nitrogens with zero attached hydrogens (tertiary/aromatic N) is 6. The van der Waals surface area contributed by atoms with E-state index in [9.17, 15) is 4.79 Å². The SMILES string of the molecule is Nc1nc(-c2ccc(Oc3ccccc3)cc2)nc2c1cnn2[C@@H]1CCCN(N2CCC(C=O)CC2)C1. The van der Waals surface area contributed by atoms with Crippen molar-refractivity contribution in [2.24, 2.45) is 5.92 Å². The van der Waals surface area contributed by atoms with Gasteiger partial charge >= 0.3 is 0 Å². The monoisotopic (exact) mass is 497 g/mol. The highest BCUT2D eigenvalue weighted by Gasteiger charge is 2.30. The molecule has 2 aliphatic rings. The lowest BCUT2D eigenvalue weighted by molar-refractivity contribution is -0.116. The first-order valence-corrected chi connectivity index (χ1v) is 13.0. The van der Waals surface area contributed by atoms with Gasteiger partial charge in [0.05, 0.1) is 17.6 Å². The van der Waals surface area contributed by atoms with Crippen LogP contribution in [0.15, 0.2) is 60.8 Å². The number of aldehydes is 1. The van der Waals surface area contributed by atoms with E-state index in [0.29, 0.717) is 11.6 Å². The highest BCUT2D eigenvalue weighted by Crippen LogP contribution is 2.31. The number of rotatable bonds is 6. The molecule has 9 heteroatoms. The molecule has 0 bridgehead atoms. The van der Waals surface area contributed by atoms with Gasteiger partial charge < -0.3 is 15.3 Å². The number of aromatic nitrogens is 4. The molecule has 2 fully saturated rings. The fourth-order valence-electron chi connectivity index (χ4n) is 5.34. The van der Waals surface area contributed by atoms with Gasteiger partial charge in [0.1, 0.15) is 23.6 Å². The van der Waals surface area contributed by atoms with Gasteiger partial charge in [-0.25, -0.2) is 24.7 Å². The van der Waals surface area contributed by atoms with Crippen LogP contribution in [-0.4, -0.2) is 62.2 Å². The number of nitrogen functional groups attached to an aromatic ring is 1. The smallest absolute Gasteiger partial charge is 0.164 e. The number of piperidine rings is 2. The van der Waals surface area contributed by atoms with Crippen molar-refractivity contribution in [3.8, 4) is 22.9 Å². The van der Waals surface area contributed by atoms with Crippen LogP contribution < -0.4 is 10.5 Å². The van der Waals surface area contributed by atoms with E-state index in [1.165, 1.54) is 0 Å². The Morgan fingerprint density at radius 2 is 1.65 bits per heavy atom. The molecule has 2 aliphatic heterocycles. The lowest BCUT2D eigenvalue weighted by Gasteiger charge is -2.43. The first-order valence-electron chi connectivity index (χ1n) is 13.0. The Bertz CT molecular complexity index is 1360. The maximum Gasteiger partial charge on any atom is 0.164 e. The third kappa shape index (κ3) is 4.92. The molecule has 2 aromatic carbocycles. The summed E-state index contributed by atoms with van der Waals surface area (Å²) >= 11 is 0. The Morgan fingerprint density at radius 1 is 0.892 bits per heavy atom. The van der Waals surface area contributed by atoms with Gasteiger partial charge in [0.25, 0.3) is 0 Å². The second-order valence-electron chi connectivity index (χ2n) is 9.83. The van der Waals surface area contributed by atoms with Crippen LogP contribution in [0.4, 0.5) is 5.82 Å². The van der Waals surface area contributed by atoms with Crippen LogP contribution in [0.2, 0.25) is 0 Å². The lowest BCUT2D eigenvalue weighted by Crippen LogP contribution is -2.51. The summed E-state index contributed by atoms with van der Waals surface area (Å²) in [6, 6.07) is 17.6. The van der Waals surface area contributed by atoms with Gasteiger partial charge in [0.2, 0.25) is 0 Å². The summed E-state index contributed by atoms with van der Waals surface area (Å²) in [5.74, 6) is 2.73. The van der Waals surface area contributed by atoms with Crippen LogP contribution in [0.25, 0.3) is 22.4 Å². The molecule has 6 rings (SSSR count). The van der Waals surface area contributed by atoms with Crippen LogP contribution in [0.3, 0.4) is 0 Å². The number of hydrogen-bond acceptors (Lipinski definition) is 8. The predicted molar refractivity (Wildman–Crippen MR) is 142 cm³/mol. The van der Waals surface area contributed by atoms with Crippen molar-refractivity contribution in [1.82, 2.24) is 29.8 Å². The Labute approximate surface area is 215 Å². The molecule has 0 amide bonds. The fourth-order valence-corrected chi connectivity index (χ4v) is 5.34. The standard InChI is InChI=1S/C28H31N7O2/c29-26-25-17-30-35(22-5-4-14-34(18-22)33-15-12-20(19-36)13-16-33)28(25)32-27(31-26)21-8-10-24(11-9-21)37-23-6-2-1-3-7-23/h1-3,6-11,17,19-20,22H,4-5,12-16,18H2,(H2,29,31,32)/t22-/m1/s1. The van der Waals surface area contributed by atoms with Gasteiger partial charge in [0.15, 0.2) is 11.5 Å². The number of ether oxygens (including phenoxy) is 1. The number of para-hydroxylation sites is 1. The number of carbonyl (C=O) groups excluding carboxylic acids is 1. The van der Waals surface area contributed by atoms with Crippen molar-refractivity contribution in [1.29, 1.82) is 0 Å². The van der Waals surface area contributed by atoms with E-state index in [2.05, 4.69) is 15.0 Å². The molecule has 9 nitrogen and oxygen atoms in total. The normalized spacial score (nSPS) is 19.7. The first-order chi connectivity index (χ1) is 18.2. The molecule has 0 saturated carbocycles. The summed E-state index contributed by atoms with van der Waals surface area (Å²) in [7, 11) is 0. The molecule has 0 radical (unpaired) electrons. The molecule has 190 valence electrons. The molecule has 2 N–H and O–H groups in total. The van der Waals surface area contributed by atoms with Crippen molar-refractivity contribution in [3.05, 3.63) is 60.8 Å². The Hall–Kier alpha value is -3.82. The van der Waals surface area contributed by atoms with E-state index >= 15 is 0 Å². The van der Waals surface area contributed by atoms with Gasteiger partial charge in [0, 0.05) is 37.7 Å². The first kappa shape index (κ1) is 23.6. The van der Waals surface area contributed by atoms with Crippen LogP contribution >= 0.6 is 0 Å². The molecule has 0 unspecified atom stereocenters. The number of fused-ring (bicyclic) bond motifs is 1.